The largest absolute Gasteiger partial charge is 0.419 e. The van der Waals surface area contributed by atoms with E-state index in [1.165, 1.54) is 12.3 Å². The summed E-state index contributed by atoms with van der Waals surface area (Å²) in [5.41, 5.74) is -0.732. The predicted octanol–water partition coefficient (Wildman–Crippen LogP) is 2.67. The summed E-state index contributed by atoms with van der Waals surface area (Å²) in [6.07, 6.45) is -0.132. The van der Waals surface area contributed by atoms with Crippen LogP contribution in [0.2, 0.25) is 0 Å². The molecular weight excluding hydrogens is 283 g/mol. The van der Waals surface area contributed by atoms with Crippen molar-refractivity contribution < 1.29 is 17.9 Å². The molecule has 0 bridgehead atoms. The normalized spacial score (nSPS) is 16.9. The third kappa shape index (κ3) is 5.17. The van der Waals surface area contributed by atoms with Crippen LogP contribution >= 0.6 is 0 Å². The van der Waals surface area contributed by atoms with Crippen LogP contribution in [0.3, 0.4) is 0 Å². The monoisotopic (exact) mass is 303 g/mol. The second-order valence-electron chi connectivity index (χ2n) is 5.00. The van der Waals surface area contributed by atoms with Gasteiger partial charge in [-0.1, -0.05) is 0 Å². The fourth-order valence-corrected chi connectivity index (χ4v) is 2.27. The second kappa shape index (κ2) is 7.61. The minimum absolute atomic E-state index is 0.119. The quantitative estimate of drug-likeness (QED) is 0.793. The number of alkyl halides is 3. The maximum atomic E-state index is 12.8. The molecule has 1 fully saturated rings. The van der Waals surface area contributed by atoms with Gasteiger partial charge in [0.25, 0.3) is 0 Å². The summed E-state index contributed by atoms with van der Waals surface area (Å²) in [4.78, 5) is 3.75. The molecule has 0 unspecified atom stereocenters. The molecule has 1 saturated heterocycles. The van der Waals surface area contributed by atoms with Gasteiger partial charge in [0.2, 0.25) is 0 Å². The zero-order valence-corrected chi connectivity index (χ0v) is 11.7. The molecule has 118 valence electrons. The standard InChI is InChI=1S/C14H20F3N3O/c15-14(16,17)12-3-1-6-19-13(12)20-7-2-10-21-11-4-8-18-9-5-11/h1,3,6,11,18H,2,4-5,7-10H2,(H,19,20). The number of anilines is 1. The lowest BCUT2D eigenvalue weighted by Crippen LogP contribution is -2.32. The van der Waals surface area contributed by atoms with Crippen LogP contribution in [0.1, 0.15) is 24.8 Å². The molecule has 1 aliphatic heterocycles. The van der Waals surface area contributed by atoms with Crippen LogP contribution in [0.5, 0.6) is 0 Å². The summed E-state index contributed by atoms with van der Waals surface area (Å²) in [7, 11) is 0. The highest BCUT2D eigenvalue weighted by Crippen LogP contribution is 2.33. The van der Waals surface area contributed by atoms with Gasteiger partial charge in [-0.2, -0.15) is 13.2 Å². The molecule has 4 nitrogen and oxygen atoms in total. The Bertz CT molecular complexity index is 434. The van der Waals surface area contributed by atoms with Gasteiger partial charge in [-0.25, -0.2) is 4.98 Å². The van der Waals surface area contributed by atoms with Crippen molar-refractivity contribution >= 4 is 5.82 Å². The molecule has 2 heterocycles. The van der Waals surface area contributed by atoms with Gasteiger partial charge in [-0.05, 0) is 44.5 Å². The molecule has 0 atom stereocenters. The van der Waals surface area contributed by atoms with Crippen LogP contribution in [0, 0.1) is 0 Å². The number of nitrogens with zero attached hydrogens (tertiary/aromatic N) is 1. The Kier molecular flexibility index (Phi) is 5.81. The molecule has 21 heavy (non-hydrogen) atoms. The van der Waals surface area contributed by atoms with Crippen molar-refractivity contribution in [1.29, 1.82) is 0 Å². The van der Waals surface area contributed by atoms with Crippen molar-refractivity contribution in [2.45, 2.75) is 31.5 Å². The van der Waals surface area contributed by atoms with Gasteiger partial charge < -0.3 is 15.4 Å². The third-order valence-corrected chi connectivity index (χ3v) is 3.37. The number of aromatic nitrogens is 1. The van der Waals surface area contributed by atoms with E-state index in [1.54, 1.807) is 0 Å². The Hall–Kier alpha value is -1.34. The highest BCUT2D eigenvalue weighted by Gasteiger charge is 2.33. The molecule has 2 rings (SSSR count). The SMILES string of the molecule is FC(F)(F)c1cccnc1NCCCOC1CCNCC1. The van der Waals surface area contributed by atoms with Crippen LogP contribution < -0.4 is 10.6 Å². The zero-order chi connectivity index (χ0) is 15.1. The van der Waals surface area contributed by atoms with E-state index in [-0.39, 0.29) is 11.9 Å². The number of piperidine rings is 1. The molecule has 1 aromatic heterocycles. The first-order valence-corrected chi connectivity index (χ1v) is 7.16. The topological polar surface area (TPSA) is 46.2 Å². The van der Waals surface area contributed by atoms with Crippen LogP contribution in [0.25, 0.3) is 0 Å². The van der Waals surface area contributed by atoms with Crippen molar-refractivity contribution in [3.63, 3.8) is 0 Å². The molecule has 1 aromatic rings. The molecule has 0 spiro atoms. The van der Waals surface area contributed by atoms with Crippen LogP contribution in [-0.2, 0) is 10.9 Å². The highest BCUT2D eigenvalue weighted by atomic mass is 19.4. The Labute approximate surface area is 122 Å². The minimum atomic E-state index is -4.39. The van der Waals surface area contributed by atoms with Gasteiger partial charge in [0.05, 0.1) is 11.7 Å². The Morgan fingerprint density at radius 3 is 2.81 bits per heavy atom. The molecule has 2 N–H and O–H groups in total. The van der Waals surface area contributed by atoms with Crippen LogP contribution in [0.15, 0.2) is 18.3 Å². The average Bonchev–Trinajstić information content (AvgIpc) is 2.47. The van der Waals surface area contributed by atoms with Gasteiger partial charge in [0.15, 0.2) is 0 Å². The third-order valence-electron chi connectivity index (χ3n) is 3.37. The first-order chi connectivity index (χ1) is 10.1. The number of halogens is 3. The molecule has 1 aliphatic rings. The van der Waals surface area contributed by atoms with Crippen molar-refractivity contribution in [3.05, 3.63) is 23.9 Å². The van der Waals surface area contributed by atoms with Crippen molar-refractivity contribution in [2.24, 2.45) is 0 Å². The lowest BCUT2D eigenvalue weighted by Gasteiger charge is -2.23. The van der Waals surface area contributed by atoms with E-state index in [2.05, 4.69) is 15.6 Å². The fraction of sp³-hybridized carbons (Fsp3) is 0.643. The van der Waals surface area contributed by atoms with Crippen molar-refractivity contribution in [2.75, 3.05) is 31.6 Å². The molecule has 0 saturated carbocycles. The van der Waals surface area contributed by atoms with E-state index in [0.717, 1.165) is 32.0 Å². The van der Waals surface area contributed by atoms with Gasteiger partial charge in [-0.15, -0.1) is 0 Å². The van der Waals surface area contributed by atoms with Crippen molar-refractivity contribution in [1.82, 2.24) is 10.3 Å². The average molecular weight is 303 g/mol. The number of pyridine rings is 1. The lowest BCUT2D eigenvalue weighted by molar-refractivity contribution is -0.137. The summed E-state index contributed by atoms with van der Waals surface area (Å²) in [5, 5.41) is 5.99. The van der Waals surface area contributed by atoms with Crippen LogP contribution in [0.4, 0.5) is 19.0 Å². The molecule has 7 heteroatoms. The number of rotatable bonds is 6. The predicted molar refractivity (Wildman–Crippen MR) is 74.2 cm³/mol. The zero-order valence-electron chi connectivity index (χ0n) is 11.7. The Balaban J connectivity index is 1.71. The van der Waals surface area contributed by atoms with Gasteiger partial charge in [-0.3, -0.25) is 0 Å². The summed E-state index contributed by atoms with van der Waals surface area (Å²) in [6, 6.07) is 2.31. The Morgan fingerprint density at radius 1 is 1.33 bits per heavy atom. The maximum Gasteiger partial charge on any atom is 0.419 e. The highest BCUT2D eigenvalue weighted by molar-refractivity contribution is 5.45. The number of nitrogens with one attached hydrogen (secondary N) is 2. The first-order valence-electron chi connectivity index (χ1n) is 7.16. The van der Waals surface area contributed by atoms with Gasteiger partial charge >= 0.3 is 6.18 Å². The lowest BCUT2D eigenvalue weighted by atomic mass is 10.1. The van der Waals surface area contributed by atoms with E-state index >= 15 is 0 Å². The summed E-state index contributed by atoms with van der Waals surface area (Å²) in [6.45, 7) is 2.88. The minimum Gasteiger partial charge on any atom is -0.378 e. The number of ether oxygens (including phenoxy) is 1. The summed E-state index contributed by atoms with van der Waals surface area (Å²) >= 11 is 0. The summed E-state index contributed by atoms with van der Waals surface area (Å²) in [5.74, 6) is -0.119. The molecular formula is C14H20F3N3O. The molecule has 0 radical (unpaired) electrons. The molecule has 0 aromatic carbocycles. The number of hydrogen-bond acceptors (Lipinski definition) is 4. The summed E-state index contributed by atoms with van der Waals surface area (Å²) < 4.78 is 44.0. The maximum absolute atomic E-state index is 12.8. The van der Waals surface area contributed by atoms with E-state index in [0.29, 0.717) is 19.6 Å². The molecule has 0 amide bonds. The molecule has 0 aliphatic carbocycles. The van der Waals surface area contributed by atoms with E-state index in [1.807, 2.05) is 0 Å². The van der Waals surface area contributed by atoms with E-state index in [9.17, 15) is 13.2 Å². The van der Waals surface area contributed by atoms with E-state index in [4.69, 9.17) is 4.74 Å². The Morgan fingerprint density at radius 2 is 2.10 bits per heavy atom. The smallest absolute Gasteiger partial charge is 0.378 e. The van der Waals surface area contributed by atoms with Gasteiger partial charge in [0, 0.05) is 19.3 Å². The van der Waals surface area contributed by atoms with Crippen molar-refractivity contribution in [3.8, 4) is 0 Å². The van der Waals surface area contributed by atoms with E-state index < -0.39 is 11.7 Å². The first kappa shape index (κ1) is 16.0. The fourth-order valence-electron chi connectivity index (χ4n) is 2.27. The number of hydrogen-bond donors (Lipinski definition) is 2. The second-order valence-corrected chi connectivity index (χ2v) is 5.00. The van der Waals surface area contributed by atoms with Crippen LogP contribution in [-0.4, -0.2) is 37.3 Å². The van der Waals surface area contributed by atoms with Gasteiger partial charge in [0.1, 0.15) is 5.82 Å².